The Morgan fingerprint density at radius 1 is 1.30 bits per heavy atom. The number of hydrogen-bond donors (Lipinski definition) is 2. The number of nitrogen functional groups attached to an aromatic ring is 1. The summed E-state index contributed by atoms with van der Waals surface area (Å²) in [6.45, 7) is 8.07. The average Bonchev–Trinajstić information content (AvgIpc) is 2.71. The standard InChI is InChI=1S/C17H17ClIN3S.C2H6.CH2O/c1-11-2-4-12(5-3-11)6-7-14(16(9-20)23-19)15-8-13(18)10-22-17(15)21;2*1-2/h2-5,7-10H,6,20H2,1H3,(H2,21,22);1-2H3;1H2/b14-7-,16-9+;;. The van der Waals surface area contributed by atoms with Crippen LogP contribution in [0.2, 0.25) is 5.02 Å². The van der Waals surface area contributed by atoms with Crippen LogP contribution in [0.1, 0.15) is 30.5 Å². The summed E-state index contributed by atoms with van der Waals surface area (Å²) in [7, 11) is 1.54. The minimum Gasteiger partial charge on any atom is -0.404 e. The molecule has 2 rings (SSSR count). The van der Waals surface area contributed by atoms with Crippen molar-refractivity contribution in [3.63, 3.8) is 0 Å². The van der Waals surface area contributed by atoms with Crippen LogP contribution in [0.4, 0.5) is 5.82 Å². The summed E-state index contributed by atoms with van der Waals surface area (Å²) in [6.07, 6.45) is 6.01. The molecule has 0 saturated carbocycles. The summed E-state index contributed by atoms with van der Waals surface area (Å²) in [5, 5.41) is 0.547. The van der Waals surface area contributed by atoms with Crippen molar-refractivity contribution in [3.05, 3.63) is 75.4 Å². The van der Waals surface area contributed by atoms with E-state index >= 15 is 0 Å². The Balaban J connectivity index is 0.00000158. The van der Waals surface area contributed by atoms with Gasteiger partial charge in [0, 0.05) is 44.1 Å². The predicted octanol–water partition coefficient (Wildman–Crippen LogP) is 5.98. The molecule has 1 heterocycles. The van der Waals surface area contributed by atoms with Gasteiger partial charge in [0.25, 0.3) is 0 Å². The van der Waals surface area contributed by atoms with E-state index in [-0.39, 0.29) is 0 Å². The van der Waals surface area contributed by atoms with Gasteiger partial charge < -0.3 is 16.3 Å². The lowest BCUT2D eigenvalue weighted by Crippen LogP contribution is -1.99. The number of allylic oxidation sites excluding steroid dienone is 2. The summed E-state index contributed by atoms with van der Waals surface area (Å²) >= 11 is 8.29. The van der Waals surface area contributed by atoms with Crippen molar-refractivity contribution in [1.82, 2.24) is 4.98 Å². The van der Waals surface area contributed by atoms with Gasteiger partial charge in [0.2, 0.25) is 0 Å². The maximum Gasteiger partial charge on any atom is 0.131 e. The third-order valence-corrected chi connectivity index (χ3v) is 5.49. The molecule has 0 aliphatic heterocycles. The smallest absolute Gasteiger partial charge is 0.131 e. The number of aryl methyl sites for hydroxylation is 1. The highest BCUT2D eigenvalue weighted by molar-refractivity contribution is 14.2. The molecule has 0 fully saturated rings. The third-order valence-electron chi connectivity index (χ3n) is 3.34. The molecule has 0 unspecified atom stereocenters. The van der Waals surface area contributed by atoms with E-state index in [4.69, 9.17) is 27.9 Å². The Morgan fingerprint density at radius 3 is 2.41 bits per heavy atom. The number of carbonyl (C=O) groups excluding carboxylic acids is 1. The maximum absolute atomic E-state index is 8.00. The summed E-state index contributed by atoms with van der Waals surface area (Å²) in [4.78, 5) is 13.1. The molecule has 27 heavy (non-hydrogen) atoms. The molecule has 7 heteroatoms. The van der Waals surface area contributed by atoms with Crippen molar-refractivity contribution in [2.45, 2.75) is 27.2 Å². The van der Waals surface area contributed by atoms with Gasteiger partial charge in [-0.3, -0.25) is 0 Å². The van der Waals surface area contributed by atoms with Crippen LogP contribution in [0.3, 0.4) is 0 Å². The number of benzene rings is 1. The highest BCUT2D eigenvalue weighted by Crippen LogP contribution is 2.38. The van der Waals surface area contributed by atoms with Gasteiger partial charge >= 0.3 is 0 Å². The topological polar surface area (TPSA) is 82.0 Å². The summed E-state index contributed by atoms with van der Waals surface area (Å²) in [5.74, 6) is 0.439. The number of hydrogen-bond acceptors (Lipinski definition) is 5. The van der Waals surface area contributed by atoms with Gasteiger partial charge in [0.05, 0.1) is 5.02 Å². The Morgan fingerprint density at radius 2 is 1.89 bits per heavy atom. The molecule has 2 aromatic rings. The van der Waals surface area contributed by atoms with Crippen LogP contribution >= 0.6 is 41.7 Å². The van der Waals surface area contributed by atoms with Gasteiger partial charge in [-0.05, 0) is 30.5 Å². The van der Waals surface area contributed by atoms with E-state index in [9.17, 15) is 0 Å². The number of halogens is 2. The number of nitrogens with two attached hydrogens (primary N) is 2. The number of anilines is 1. The lowest BCUT2D eigenvalue weighted by Gasteiger charge is -2.12. The van der Waals surface area contributed by atoms with E-state index < -0.39 is 0 Å². The van der Waals surface area contributed by atoms with Crippen LogP contribution in [-0.4, -0.2) is 11.8 Å². The molecule has 0 amide bonds. The molecule has 0 radical (unpaired) electrons. The van der Waals surface area contributed by atoms with Crippen LogP contribution in [0, 0.1) is 6.92 Å². The Hall–Kier alpha value is -1.51. The summed E-state index contributed by atoms with van der Waals surface area (Å²) in [5.41, 5.74) is 16.0. The van der Waals surface area contributed by atoms with Crippen molar-refractivity contribution < 1.29 is 4.79 Å². The number of carbonyl (C=O) groups is 1. The zero-order valence-electron chi connectivity index (χ0n) is 15.7. The van der Waals surface area contributed by atoms with Gasteiger partial charge in [-0.25, -0.2) is 4.98 Å². The second kappa shape index (κ2) is 14.5. The van der Waals surface area contributed by atoms with E-state index in [1.54, 1.807) is 12.4 Å². The fourth-order valence-corrected chi connectivity index (χ4v) is 3.75. The molecular formula is C20H25ClIN3OS. The Kier molecular flexibility index (Phi) is 13.7. The van der Waals surface area contributed by atoms with Gasteiger partial charge in [-0.15, -0.1) is 0 Å². The van der Waals surface area contributed by atoms with Crippen LogP contribution < -0.4 is 11.5 Å². The summed E-state index contributed by atoms with van der Waals surface area (Å²) < 4.78 is 0. The Labute approximate surface area is 183 Å². The summed E-state index contributed by atoms with van der Waals surface area (Å²) in [6, 6.07) is 10.3. The first-order chi connectivity index (χ1) is 13.0. The predicted molar refractivity (Wildman–Crippen MR) is 129 cm³/mol. The van der Waals surface area contributed by atoms with Crippen LogP contribution in [-0.2, 0) is 11.2 Å². The van der Waals surface area contributed by atoms with E-state index in [2.05, 4.69) is 63.5 Å². The zero-order chi connectivity index (χ0) is 20.8. The van der Waals surface area contributed by atoms with E-state index in [0.717, 1.165) is 22.5 Å². The molecule has 1 aromatic carbocycles. The average molecular weight is 518 g/mol. The first-order valence-electron chi connectivity index (χ1n) is 8.22. The van der Waals surface area contributed by atoms with Crippen molar-refractivity contribution in [2.75, 3.05) is 5.73 Å². The minimum atomic E-state index is 0.439. The second-order valence-electron chi connectivity index (χ2n) is 5.00. The van der Waals surface area contributed by atoms with Crippen LogP contribution in [0.25, 0.3) is 5.57 Å². The van der Waals surface area contributed by atoms with Crippen molar-refractivity contribution >= 4 is 59.9 Å². The number of rotatable bonds is 5. The van der Waals surface area contributed by atoms with Gasteiger partial charge in [0.1, 0.15) is 12.6 Å². The van der Waals surface area contributed by atoms with Crippen LogP contribution in [0.5, 0.6) is 0 Å². The highest BCUT2D eigenvalue weighted by Gasteiger charge is 2.13. The molecule has 0 aliphatic rings. The SMILES string of the molecule is C=O.CC.Cc1ccc(C/C=C(\C(=C/N)SI)c2cc(Cl)cnc2N)cc1. The lowest BCUT2D eigenvalue weighted by atomic mass is 10.0. The lowest BCUT2D eigenvalue weighted by molar-refractivity contribution is -0.0979. The number of aromatic nitrogens is 1. The van der Waals surface area contributed by atoms with E-state index in [0.29, 0.717) is 10.8 Å². The first kappa shape index (κ1) is 25.5. The molecule has 146 valence electrons. The fourth-order valence-electron chi connectivity index (χ4n) is 2.11. The van der Waals surface area contributed by atoms with Gasteiger partial charge in [-0.1, -0.05) is 70.3 Å². The molecule has 0 aliphatic carbocycles. The fraction of sp³-hybridized carbons (Fsp3) is 0.200. The van der Waals surface area contributed by atoms with E-state index in [1.807, 2.05) is 26.7 Å². The maximum atomic E-state index is 8.00. The number of pyridine rings is 1. The Bertz CT molecular complexity index is 764. The van der Waals surface area contributed by atoms with Gasteiger partial charge in [0.15, 0.2) is 0 Å². The quantitative estimate of drug-likeness (QED) is 0.377. The molecule has 0 bridgehead atoms. The van der Waals surface area contributed by atoms with Crippen molar-refractivity contribution in [2.24, 2.45) is 5.73 Å². The molecule has 0 atom stereocenters. The van der Waals surface area contributed by atoms with E-state index in [1.165, 1.54) is 20.1 Å². The second-order valence-corrected chi connectivity index (χ2v) is 7.35. The molecule has 4 nitrogen and oxygen atoms in total. The largest absolute Gasteiger partial charge is 0.404 e. The van der Waals surface area contributed by atoms with Crippen molar-refractivity contribution in [1.29, 1.82) is 0 Å². The van der Waals surface area contributed by atoms with Crippen LogP contribution in [0.15, 0.2) is 53.7 Å². The van der Waals surface area contributed by atoms with Gasteiger partial charge in [-0.2, -0.15) is 0 Å². The van der Waals surface area contributed by atoms with Crippen molar-refractivity contribution in [3.8, 4) is 0 Å². The number of nitrogens with zero attached hydrogens (tertiary/aromatic N) is 1. The molecule has 1 aromatic heterocycles. The monoisotopic (exact) mass is 517 g/mol. The first-order valence-corrected chi connectivity index (χ1v) is 12.0. The normalized spacial score (nSPS) is 11.0. The molecule has 4 N–H and O–H groups in total. The minimum absolute atomic E-state index is 0.439. The molecule has 0 saturated heterocycles. The highest BCUT2D eigenvalue weighted by atomic mass is 127. The zero-order valence-corrected chi connectivity index (χ0v) is 19.4. The molecule has 0 spiro atoms. The molecular weight excluding hydrogens is 493 g/mol. The third kappa shape index (κ3) is 8.36.